The van der Waals surface area contributed by atoms with Gasteiger partial charge in [0.15, 0.2) is 6.61 Å². The zero-order valence-corrected chi connectivity index (χ0v) is 14.7. The summed E-state index contributed by atoms with van der Waals surface area (Å²) in [5.41, 5.74) is 4.11. The highest BCUT2D eigenvalue weighted by molar-refractivity contribution is 5.80. The number of carbonyl (C=O) groups is 1. The predicted molar refractivity (Wildman–Crippen MR) is 92.3 cm³/mol. The Bertz CT molecular complexity index is 689. The van der Waals surface area contributed by atoms with Crippen molar-refractivity contribution in [3.8, 4) is 5.75 Å². The molecule has 2 aromatic rings. The van der Waals surface area contributed by atoms with E-state index in [9.17, 15) is 4.79 Å². The molecule has 1 heterocycles. The van der Waals surface area contributed by atoms with Crippen LogP contribution in [0.15, 0.2) is 24.3 Å². The average molecular weight is 314 g/mol. The van der Waals surface area contributed by atoms with Gasteiger partial charge >= 0.3 is 0 Å². The van der Waals surface area contributed by atoms with Crippen molar-refractivity contribution in [3.05, 3.63) is 46.8 Å². The second-order valence-corrected chi connectivity index (χ2v) is 5.94. The van der Waals surface area contributed by atoms with Crippen LogP contribution in [0.25, 0.3) is 0 Å². The first kappa shape index (κ1) is 17.3. The fraction of sp³-hybridized carbons (Fsp3) is 0.474. The van der Waals surface area contributed by atoms with Crippen molar-refractivity contribution >= 4 is 5.91 Å². The van der Waals surface area contributed by atoms with Gasteiger partial charge in [-0.25, -0.2) is 4.68 Å². The van der Waals surface area contributed by atoms with Gasteiger partial charge in [-0.1, -0.05) is 39.0 Å². The fourth-order valence-electron chi connectivity index (χ4n) is 2.87. The van der Waals surface area contributed by atoms with Crippen molar-refractivity contribution in [2.45, 2.75) is 53.4 Å². The van der Waals surface area contributed by atoms with E-state index in [0.29, 0.717) is 5.92 Å². The highest BCUT2D eigenvalue weighted by atomic mass is 16.5. The first-order valence-electron chi connectivity index (χ1n) is 8.29. The maximum absolute atomic E-state index is 12.4. The minimum Gasteiger partial charge on any atom is -0.483 e. The van der Waals surface area contributed by atoms with Crippen molar-refractivity contribution in [3.63, 3.8) is 0 Å². The molecule has 0 amide bonds. The van der Waals surface area contributed by atoms with Crippen LogP contribution in [0.2, 0.25) is 0 Å². The van der Waals surface area contributed by atoms with Gasteiger partial charge in [0.2, 0.25) is 0 Å². The summed E-state index contributed by atoms with van der Waals surface area (Å²) in [6, 6.07) is 7.93. The van der Waals surface area contributed by atoms with Crippen LogP contribution in [0, 0.1) is 13.8 Å². The molecular formula is C19H26N2O2. The summed E-state index contributed by atoms with van der Waals surface area (Å²) in [5, 5.41) is 4.35. The largest absolute Gasteiger partial charge is 0.483 e. The number of ether oxygens (including phenoxy) is 1. The van der Waals surface area contributed by atoms with Crippen LogP contribution in [0.1, 0.15) is 60.4 Å². The van der Waals surface area contributed by atoms with Crippen LogP contribution < -0.4 is 4.74 Å². The van der Waals surface area contributed by atoms with Gasteiger partial charge in [0, 0.05) is 5.69 Å². The number of carbonyl (C=O) groups excluding carboxylic acids is 1. The van der Waals surface area contributed by atoms with Gasteiger partial charge in [0.25, 0.3) is 5.91 Å². The molecule has 2 rings (SSSR count). The molecule has 0 spiro atoms. The topological polar surface area (TPSA) is 44.1 Å². The summed E-state index contributed by atoms with van der Waals surface area (Å²) < 4.78 is 7.28. The number of benzene rings is 1. The second-order valence-electron chi connectivity index (χ2n) is 5.94. The Kier molecular flexibility index (Phi) is 5.59. The third kappa shape index (κ3) is 3.63. The minimum absolute atomic E-state index is 0.00143. The number of nitrogens with zero attached hydrogens (tertiary/aromatic N) is 2. The van der Waals surface area contributed by atoms with E-state index in [4.69, 9.17) is 4.74 Å². The average Bonchev–Trinajstić information content (AvgIpc) is 2.86. The maximum Gasteiger partial charge on any atom is 0.284 e. The van der Waals surface area contributed by atoms with Crippen molar-refractivity contribution in [2.75, 3.05) is 6.61 Å². The van der Waals surface area contributed by atoms with Gasteiger partial charge in [-0.2, -0.15) is 5.10 Å². The molecule has 23 heavy (non-hydrogen) atoms. The lowest BCUT2D eigenvalue weighted by molar-refractivity contribution is 0.0817. The van der Waals surface area contributed by atoms with Crippen LogP contribution in [0.3, 0.4) is 0 Å². The number of aromatic nitrogens is 2. The van der Waals surface area contributed by atoms with E-state index in [1.165, 1.54) is 4.68 Å². The summed E-state index contributed by atoms with van der Waals surface area (Å²) in [7, 11) is 0. The van der Waals surface area contributed by atoms with E-state index >= 15 is 0 Å². The molecule has 0 aliphatic carbocycles. The number of hydrogen-bond acceptors (Lipinski definition) is 3. The van der Waals surface area contributed by atoms with E-state index in [2.05, 4.69) is 31.9 Å². The van der Waals surface area contributed by atoms with Crippen LogP contribution >= 0.6 is 0 Å². The van der Waals surface area contributed by atoms with Gasteiger partial charge in [-0.3, -0.25) is 4.79 Å². The van der Waals surface area contributed by atoms with E-state index in [-0.39, 0.29) is 12.5 Å². The molecule has 0 bridgehead atoms. The first-order valence-corrected chi connectivity index (χ1v) is 8.29. The molecular weight excluding hydrogens is 288 g/mol. The normalized spacial score (nSPS) is 12.2. The monoisotopic (exact) mass is 314 g/mol. The molecule has 1 aromatic heterocycles. The molecule has 0 N–H and O–H groups in total. The molecule has 4 nitrogen and oxygen atoms in total. The SMILES string of the molecule is CCc1c(C)nn(C(=O)COc2ccccc2C(C)CC)c1C. The summed E-state index contributed by atoms with van der Waals surface area (Å²) in [6.45, 7) is 10.3. The number of rotatable bonds is 6. The molecule has 124 valence electrons. The zero-order valence-electron chi connectivity index (χ0n) is 14.7. The second kappa shape index (κ2) is 7.44. The van der Waals surface area contributed by atoms with Gasteiger partial charge in [0.1, 0.15) is 5.75 Å². The third-order valence-corrected chi connectivity index (χ3v) is 4.44. The quantitative estimate of drug-likeness (QED) is 0.798. The Morgan fingerprint density at radius 2 is 1.96 bits per heavy atom. The molecule has 1 unspecified atom stereocenters. The standard InChI is InChI=1S/C19H26N2O2/c1-6-13(3)17-10-8-9-11-18(17)23-12-19(22)21-15(5)16(7-2)14(4)20-21/h8-11,13H,6-7,12H2,1-5H3. The van der Waals surface area contributed by atoms with Crippen LogP contribution in [0.4, 0.5) is 0 Å². The summed E-state index contributed by atoms with van der Waals surface area (Å²) in [6.07, 6.45) is 1.91. The van der Waals surface area contributed by atoms with E-state index in [1.54, 1.807) is 0 Å². The van der Waals surface area contributed by atoms with Gasteiger partial charge in [-0.15, -0.1) is 0 Å². The summed E-state index contributed by atoms with van der Waals surface area (Å²) >= 11 is 0. The first-order chi connectivity index (χ1) is 11.0. The number of hydrogen-bond donors (Lipinski definition) is 0. The molecule has 1 atom stereocenters. The fourth-order valence-corrected chi connectivity index (χ4v) is 2.87. The Morgan fingerprint density at radius 3 is 2.57 bits per heavy atom. The number of para-hydroxylation sites is 1. The molecule has 0 radical (unpaired) electrons. The maximum atomic E-state index is 12.4. The van der Waals surface area contributed by atoms with Gasteiger partial charge < -0.3 is 4.74 Å². The highest BCUT2D eigenvalue weighted by Gasteiger charge is 2.17. The predicted octanol–water partition coefficient (Wildman–Crippen LogP) is 4.30. The van der Waals surface area contributed by atoms with Crippen molar-refractivity contribution in [2.24, 2.45) is 0 Å². The molecule has 0 fully saturated rings. The summed E-state index contributed by atoms with van der Waals surface area (Å²) in [4.78, 5) is 12.4. The number of aryl methyl sites for hydroxylation is 1. The zero-order chi connectivity index (χ0) is 17.0. The molecule has 1 aromatic carbocycles. The lowest BCUT2D eigenvalue weighted by Crippen LogP contribution is -2.22. The molecule has 0 aliphatic rings. The smallest absolute Gasteiger partial charge is 0.284 e. The van der Waals surface area contributed by atoms with E-state index < -0.39 is 0 Å². The van der Waals surface area contributed by atoms with Crippen molar-refractivity contribution in [1.29, 1.82) is 0 Å². The lowest BCUT2D eigenvalue weighted by atomic mass is 9.98. The Morgan fingerprint density at radius 1 is 1.26 bits per heavy atom. The van der Waals surface area contributed by atoms with Crippen LogP contribution in [-0.4, -0.2) is 22.3 Å². The van der Waals surface area contributed by atoms with Crippen LogP contribution in [-0.2, 0) is 6.42 Å². The van der Waals surface area contributed by atoms with E-state index in [0.717, 1.165) is 41.1 Å². The molecule has 4 heteroatoms. The lowest BCUT2D eigenvalue weighted by Gasteiger charge is -2.15. The molecule has 0 saturated heterocycles. The third-order valence-electron chi connectivity index (χ3n) is 4.44. The van der Waals surface area contributed by atoms with Gasteiger partial charge in [0.05, 0.1) is 5.69 Å². The van der Waals surface area contributed by atoms with Crippen molar-refractivity contribution in [1.82, 2.24) is 9.78 Å². The van der Waals surface area contributed by atoms with E-state index in [1.807, 2.05) is 32.0 Å². The Hall–Kier alpha value is -2.10. The Balaban J connectivity index is 2.14. The summed E-state index contributed by atoms with van der Waals surface area (Å²) in [5.74, 6) is 1.05. The van der Waals surface area contributed by atoms with Gasteiger partial charge in [-0.05, 0) is 49.8 Å². The highest BCUT2D eigenvalue weighted by Crippen LogP contribution is 2.28. The molecule has 0 saturated carbocycles. The minimum atomic E-state index is -0.135. The van der Waals surface area contributed by atoms with Crippen molar-refractivity contribution < 1.29 is 9.53 Å². The Labute approximate surface area is 138 Å². The molecule has 0 aliphatic heterocycles. The van der Waals surface area contributed by atoms with Crippen LogP contribution in [0.5, 0.6) is 5.75 Å².